The molecule has 5 heteroatoms. The molecule has 0 aliphatic heterocycles. The van der Waals surface area contributed by atoms with Crippen molar-refractivity contribution in [2.75, 3.05) is 6.54 Å². The van der Waals surface area contributed by atoms with Crippen LogP contribution in [-0.4, -0.2) is 27.0 Å². The molecule has 0 aliphatic carbocycles. The monoisotopic (exact) mass is 300 g/mol. The highest BCUT2D eigenvalue weighted by Crippen LogP contribution is 2.17. The van der Waals surface area contributed by atoms with E-state index in [1.54, 1.807) is 18.6 Å². The van der Waals surface area contributed by atoms with Crippen molar-refractivity contribution in [2.24, 2.45) is 0 Å². The van der Waals surface area contributed by atoms with Crippen LogP contribution in [0, 0.1) is 0 Å². The first-order chi connectivity index (χ1) is 10.6. The van der Waals surface area contributed by atoms with Gasteiger partial charge in [0.15, 0.2) is 0 Å². The third-order valence-corrected chi connectivity index (χ3v) is 3.70. The van der Waals surface area contributed by atoms with E-state index in [9.17, 15) is 4.79 Å². The zero-order valence-corrected chi connectivity index (χ0v) is 13.5. The Morgan fingerprint density at radius 3 is 2.64 bits per heavy atom. The third-order valence-electron chi connectivity index (χ3n) is 3.70. The molecule has 118 valence electrons. The van der Waals surface area contributed by atoms with Crippen LogP contribution < -0.4 is 5.32 Å². The van der Waals surface area contributed by atoms with Crippen molar-refractivity contribution in [3.8, 4) is 0 Å². The Morgan fingerprint density at radius 2 is 1.95 bits per heavy atom. The highest BCUT2D eigenvalue weighted by atomic mass is 16.2. The molecule has 0 spiro atoms. The molecule has 1 amide bonds. The molecule has 5 nitrogen and oxygen atoms in total. The highest BCUT2D eigenvalue weighted by molar-refractivity contribution is 5.79. The highest BCUT2D eigenvalue weighted by Gasteiger charge is 2.18. The zero-order chi connectivity index (χ0) is 15.9. The minimum absolute atomic E-state index is 0.0367. The van der Waals surface area contributed by atoms with Gasteiger partial charge in [0.1, 0.15) is 11.9 Å². The summed E-state index contributed by atoms with van der Waals surface area (Å²) in [6.07, 6.45) is 9.08. The molecule has 0 bridgehead atoms. The molecule has 0 fully saturated rings. The molecular formula is C17H24N4O. The Hall–Kier alpha value is -2.17. The van der Waals surface area contributed by atoms with Crippen LogP contribution in [0.25, 0.3) is 0 Å². The van der Waals surface area contributed by atoms with Crippen molar-refractivity contribution in [2.45, 2.75) is 45.6 Å². The van der Waals surface area contributed by atoms with Gasteiger partial charge in [0.2, 0.25) is 5.91 Å². The predicted molar refractivity (Wildman–Crippen MR) is 86.6 cm³/mol. The minimum Gasteiger partial charge on any atom is -0.354 e. The normalized spacial score (nSPS) is 12.4. The van der Waals surface area contributed by atoms with E-state index in [2.05, 4.69) is 29.1 Å². The molecule has 2 rings (SSSR count). The molecule has 2 heterocycles. The second kappa shape index (κ2) is 7.73. The number of hydrogen-bond donors (Lipinski definition) is 1. The molecular weight excluding hydrogens is 276 g/mol. The van der Waals surface area contributed by atoms with E-state index >= 15 is 0 Å². The first kappa shape index (κ1) is 16.2. The molecule has 0 saturated heterocycles. The number of aromatic nitrogens is 3. The molecule has 1 atom stereocenters. The molecule has 1 N–H and O–H groups in total. The molecule has 0 saturated carbocycles. The van der Waals surface area contributed by atoms with Gasteiger partial charge >= 0.3 is 0 Å². The molecule has 2 aromatic heterocycles. The summed E-state index contributed by atoms with van der Waals surface area (Å²) in [7, 11) is 0. The summed E-state index contributed by atoms with van der Waals surface area (Å²) in [5.41, 5.74) is 1.24. The molecule has 0 aromatic carbocycles. The van der Waals surface area contributed by atoms with Gasteiger partial charge in [-0.3, -0.25) is 9.78 Å². The SMILES string of the molecule is CC(C)c1nccn1[C@H](C)C(=O)NCCCc1ccncc1. The van der Waals surface area contributed by atoms with Gasteiger partial charge in [0, 0.05) is 37.3 Å². The number of imidazole rings is 1. The average molecular weight is 300 g/mol. The van der Waals surface area contributed by atoms with Gasteiger partial charge in [-0.25, -0.2) is 4.98 Å². The van der Waals surface area contributed by atoms with Crippen molar-refractivity contribution >= 4 is 5.91 Å². The Bertz CT molecular complexity index is 592. The number of amides is 1. The van der Waals surface area contributed by atoms with Gasteiger partial charge in [-0.1, -0.05) is 13.8 Å². The first-order valence-corrected chi connectivity index (χ1v) is 7.79. The van der Waals surface area contributed by atoms with E-state index in [0.717, 1.165) is 18.7 Å². The van der Waals surface area contributed by atoms with Crippen LogP contribution in [0.5, 0.6) is 0 Å². The Kier molecular flexibility index (Phi) is 5.69. The maximum atomic E-state index is 12.3. The number of hydrogen-bond acceptors (Lipinski definition) is 3. The third kappa shape index (κ3) is 4.16. The quantitative estimate of drug-likeness (QED) is 0.800. The van der Waals surface area contributed by atoms with Crippen LogP contribution in [0.1, 0.15) is 50.5 Å². The van der Waals surface area contributed by atoms with Crippen LogP contribution in [0.3, 0.4) is 0 Å². The summed E-state index contributed by atoms with van der Waals surface area (Å²) in [5.74, 6) is 1.28. The number of nitrogens with one attached hydrogen (secondary N) is 1. The summed E-state index contributed by atoms with van der Waals surface area (Å²) in [6, 6.07) is 3.77. The van der Waals surface area contributed by atoms with E-state index in [-0.39, 0.29) is 11.9 Å². The minimum atomic E-state index is -0.235. The second-order valence-electron chi connectivity index (χ2n) is 5.77. The van der Waals surface area contributed by atoms with E-state index < -0.39 is 0 Å². The van der Waals surface area contributed by atoms with Gasteiger partial charge in [0.25, 0.3) is 0 Å². The standard InChI is InChI=1S/C17H24N4O/c1-13(2)16-19-11-12-21(16)14(3)17(22)20-8-4-5-15-6-9-18-10-7-15/h6-7,9-14H,4-5,8H2,1-3H3,(H,20,22)/t14-/m1/s1. The summed E-state index contributed by atoms with van der Waals surface area (Å²) in [4.78, 5) is 20.6. The lowest BCUT2D eigenvalue weighted by Gasteiger charge is -2.17. The summed E-state index contributed by atoms with van der Waals surface area (Å²) >= 11 is 0. The predicted octanol–water partition coefficient (Wildman–Crippen LogP) is 2.71. The average Bonchev–Trinajstić information content (AvgIpc) is 3.01. The number of nitrogens with zero attached hydrogens (tertiary/aromatic N) is 3. The van der Waals surface area contributed by atoms with Gasteiger partial charge in [-0.05, 0) is 37.5 Å². The van der Waals surface area contributed by atoms with Crippen LogP contribution in [0.15, 0.2) is 36.9 Å². The molecule has 0 unspecified atom stereocenters. The van der Waals surface area contributed by atoms with Crippen molar-refractivity contribution in [1.82, 2.24) is 19.9 Å². The van der Waals surface area contributed by atoms with Crippen LogP contribution in [0.4, 0.5) is 0 Å². The fourth-order valence-electron chi connectivity index (χ4n) is 2.43. The Balaban J connectivity index is 1.80. The smallest absolute Gasteiger partial charge is 0.242 e. The molecule has 0 radical (unpaired) electrons. The maximum absolute atomic E-state index is 12.3. The Morgan fingerprint density at radius 1 is 1.23 bits per heavy atom. The van der Waals surface area contributed by atoms with Crippen LogP contribution in [0.2, 0.25) is 0 Å². The number of pyridine rings is 1. The lowest BCUT2D eigenvalue weighted by molar-refractivity contribution is -0.123. The van der Waals surface area contributed by atoms with E-state index in [1.807, 2.05) is 29.8 Å². The largest absolute Gasteiger partial charge is 0.354 e. The van der Waals surface area contributed by atoms with E-state index in [0.29, 0.717) is 12.5 Å². The van der Waals surface area contributed by atoms with Gasteiger partial charge in [-0.2, -0.15) is 0 Å². The molecule has 0 aliphatic rings. The van der Waals surface area contributed by atoms with Crippen LogP contribution in [-0.2, 0) is 11.2 Å². The van der Waals surface area contributed by atoms with E-state index in [4.69, 9.17) is 0 Å². The topological polar surface area (TPSA) is 59.8 Å². The number of aryl methyl sites for hydroxylation is 1. The Labute approximate surface area is 131 Å². The van der Waals surface area contributed by atoms with Crippen molar-refractivity contribution in [3.05, 3.63) is 48.3 Å². The van der Waals surface area contributed by atoms with Crippen LogP contribution >= 0.6 is 0 Å². The molecule has 2 aromatic rings. The number of carbonyl (C=O) groups excluding carboxylic acids is 1. The lowest BCUT2D eigenvalue weighted by atomic mass is 10.1. The summed E-state index contributed by atoms with van der Waals surface area (Å²) < 4.78 is 1.95. The van der Waals surface area contributed by atoms with Gasteiger partial charge in [-0.15, -0.1) is 0 Å². The second-order valence-corrected chi connectivity index (χ2v) is 5.77. The van der Waals surface area contributed by atoms with Crippen molar-refractivity contribution in [3.63, 3.8) is 0 Å². The summed E-state index contributed by atoms with van der Waals surface area (Å²) in [6.45, 7) is 6.75. The molecule has 22 heavy (non-hydrogen) atoms. The lowest BCUT2D eigenvalue weighted by Crippen LogP contribution is -2.32. The van der Waals surface area contributed by atoms with Gasteiger partial charge < -0.3 is 9.88 Å². The zero-order valence-electron chi connectivity index (χ0n) is 13.5. The summed E-state index contributed by atoms with van der Waals surface area (Å²) in [5, 5.41) is 3.00. The fraction of sp³-hybridized carbons (Fsp3) is 0.471. The number of rotatable bonds is 7. The van der Waals surface area contributed by atoms with Gasteiger partial charge in [0.05, 0.1) is 0 Å². The fourth-order valence-corrected chi connectivity index (χ4v) is 2.43. The number of carbonyl (C=O) groups is 1. The maximum Gasteiger partial charge on any atom is 0.242 e. The first-order valence-electron chi connectivity index (χ1n) is 7.79. The van der Waals surface area contributed by atoms with Crippen molar-refractivity contribution in [1.29, 1.82) is 0 Å². The van der Waals surface area contributed by atoms with E-state index in [1.165, 1.54) is 5.56 Å². The van der Waals surface area contributed by atoms with Crippen molar-refractivity contribution < 1.29 is 4.79 Å².